The predicted octanol–water partition coefficient (Wildman–Crippen LogP) is 6.73. The lowest BCUT2D eigenvalue weighted by atomic mass is 9.45. The molecule has 0 bridgehead atoms. The van der Waals surface area contributed by atoms with Crippen LogP contribution in [0.5, 0.6) is 0 Å². The molecule has 1 nitrogen and oxygen atoms in total. The maximum atomic E-state index is 8.88. The van der Waals surface area contributed by atoms with Crippen molar-refractivity contribution in [3.05, 3.63) is 0 Å². The number of nitriles is 1. The normalized spacial score (nSPS) is 50.5. The van der Waals surface area contributed by atoms with E-state index in [1.54, 1.807) is 0 Å². The molecule has 134 valence electrons. The molecule has 4 rings (SSSR count). The van der Waals surface area contributed by atoms with Gasteiger partial charge in [-0.2, -0.15) is 5.26 Å². The Morgan fingerprint density at radius 2 is 1.71 bits per heavy atom. The fourth-order valence-corrected chi connectivity index (χ4v) is 8.31. The van der Waals surface area contributed by atoms with Gasteiger partial charge in [-0.1, -0.05) is 26.7 Å². The van der Waals surface area contributed by atoms with E-state index in [-0.39, 0.29) is 0 Å². The first-order chi connectivity index (χ1) is 11.6. The molecule has 7 unspecified atom stereocenters. The van der Waals surface area contributed by atoms with E-state index in [0.29, 0.717) is 10.8 Å². The predicted molar refractivity (Wildman–Crippen MR) is 99.3 cm³/mol. The summed E-state index contributed by atoms with van der Waals surface area (Å²) in [5.74, 6) is 5.03. The minimum Gasteiger partial charge on any atom is -0.198 e. The van der Waals surface area contributed by atoms with E-state index in [4.69, 9.17) is 5.26 Å². The molecule has 0 aromatic heterocycles. The number of nitrogens with zero attached hydrogens (tertiary/aromatic N) is 1. The second-order valence-corrected chi connectivity index (χ2v) is 10.3. The van der Waals surface area contributed by atoms with Crippen LogP contribution in [0.4, 0.5) is 0 Å². The van der Waals surface area contributed by atoms with Gasteiger partial charge in [0.2, 0.25) is 0 Å². The molecule has 0 aromatic rings. The van der Waals surface area contributed by atoms with E-state index in [1.807, 2.05) is 0 Å². The van der Waals surface area contributed by atoms with Gasteiger partial charge in [0.1, 0.15) is 0 Å². The molecule has 0 amide bonds. The van der Waals surface area contributed by atoms with Crippen LogP contribution in [0.2, 0.25) is 0 Å². The third-order valence-electron chi connectivity index (χ3n) is 9.62. The molecule has 4 saturated carbocycles. The highest BCUT2D eigenvalue weighted by molar-refractivity contribution is 5.08. The van der Waals surface area contributed by atoms with Crippen LogP contribution in [0.3, 0.4) is 0 Å². The van der Waals surface area contributed by atoms with Gasteiger partial charge in [-0.05, 0) is 105 Å². The van der Waals surface area contributed by atoms with E-state index in [0.717, 1.165) is 42.4 Å². The van der Waals surface area contributed by atoms with Crippen molar-refractivity contribution in [3.63, 3.8) is 0 Å². The summed E-state index contributed by atoms with van der Waals surface area (Å²) in [5.41, 5.74) is 1.29. The van der Waals surface area contributed by atoms with Crippen molar-refractivity contribution >= 4 is 0 Å². The highest BCUT2D eigenvalue weighted by atomic mass is 14.6. The van der Waals surface area contributed by atoms with Crippen LogP contribution in [0.25, 0.3) is 0 Å². The molecule has 1 heteroatoms. The molecule has 4 aliphatic rings. The average molecular weight is 328 g/mol. The van der Waals surface area contributed by atoms with E-state index in [2.05, 4.69) is 19.9 Å². The zero-order valence-electron chi connectivity index (χ0n) is 16.0. The largest absolute Gasteiger partial charge is 0.198 e. The number of hydrogen-bond donors (Lipinski definition) is 0. The van der Waals surface area contributed by atoms with E-state index in [1.165, 1.54) is 70.6 Å². The Kier molecular flexibility index (Phi) is 4.47. The highest BCUT2D eigenvalue weighted by Crippen LogP contribution is 2.67. The first-order valence-corrected chi connectivity index (χ1v) is 11.0. The van der Waals surface area contributed by atoms with Crippen LogP contribution in [0.1, 0.15) is 97.3 Å². The molecule has 0 heterocycles. The molecule has 4 fully saturated rings. The standard InChI is InChI=1S/C23H37N/c1-22-14-5-3-7-17(22)9-11-19-20-12-10-18(8-4-6-16-24)23(20,2)15-13-21(19)22/h17-21H,3-15H2,1-2H3. The van der Waals surface area contributed by atoms with Gasteiger partial charge in [-0.3, -0.25) is 0 Å². The van der Waals surface area contributed by atoms with Crippen molar-refractivity contribution in [2.45, 2.75) is 97.3 Å². The Hall–Kier alpha value is -0.510. The molecule has 0 radical (unpaired) electrons. The van der Waals surface area contributed by atoms with Crippen LogP contribution in [-0.2, 0) is 0 Å². The molecule has 7 atom stereocenters. The number of unbranched alkanes of at least 4 members (excludes halogenated alkanes) is 1. The summed E-state index contributed by atoms with van der Waals surface area (Å²) in [6.45, 7) is 5.34. The van der Waals surface area contributed by atoms with Crippen LogP contribution in [0, 0.1) is 51.8 Å². The quantitative estimate of drug-likeness (QED) is 0.527. The Balaban J connectivity index is 1.52. The highest BCUT2D eigenvalue weighted by Gasteiger charge is 2.59. The van der Waals surface area contributed by atoms with Crippen molar-refractivity contribution in [1.29, 1.82) is 5.26 Å². The van der Waals surface area contributed by atoms with Crippen molar-refractivity contribution in [2.24, 2.45) is 40.4 Å². The monoisotopic (exact) mass is 327 g/mol. The summed E-state index contributed by atoms with van der Waals surface area (Å²) in [6.07, 6.45) is 18.3. The third kappa shape index (κ3) is 2.47. The van der Waals surface area contributed by atoms with Crippen molar-refractivity contribution < 1.29 is 0 Å². The van der Waals surface area contributed by atoms with Gasteiger partial charge in [0, 0.05) is 6.42 Å². The maximum Gasteiger partial charge on any atom is 0.0621 e. The second-order valence-electron chi connectivity index (χ2n) is 10.3. The molecule has 24 heavy (non-hydrogen) atoms. The van der Waals surface area contributed by atoms with Gasteiger partial charge < -0.3 is 0 Å². The summed E-state index contributed by atoms with van der Waals surface area (Å²) in [6, 6.07) is 2.36. The Morgan fingerprint density at radius 1 is 0.875 bits per heavy atom. The number of rotatable bonds is 3. The van der Waals surface area contributed by atoms with Gasteiger partial charge in [0.05, 0.1) is 6.07 Å². The third-order valence-corrected chi connectivity index (χ3v) is 9.62. The molecular formula is C23H37N. The summed E-state index contributed by atoms with van der Waals surface area (Å²) in [4.78, 5) is 0. The Morgan fingerprint density at radius 3 is 2.54 bits per heavy atom. The first-order valence-electron chi connectivity index (χ1n) is 11.0. The summed E-state index contributed by atoms with van der Waals surface area (Å²) >= 11 is 0. The average Bonchev–Trinajstić information content (AvgIpc) is 2.91. The summed E-state index contributed by atoms with van der Waals surface area (Å²) in [7, 11) is 0. The fourth-order valence-electron chi connectivity index (χ4n) is 8.31. The van der Waals surface area contributed by atoms with E-state index < -0.39 is 0 Å². The van der Waals surface area contributed by atoms with Crippen LogP contribution >= 0.6 is 0 Å². The Labute approximate surface area is 149 Å². The van der Waals surface area contributed by atoms with Crippen LogP contribution in [-0.4, -0.2) is 0 Å². The summed E-state index contributed by atoms with van der Waals surface area (Å²) < 4.78 is 0. The molecule has 0 aromatic carbocycles. The van der Waals surface area contributed by atoms with Crippen LogP contribution in [0.15, 0.2) is 0 Å². The number of fused-ring (bicyclic) bond motifs is 5. The molecule has 0 spiro atoms. The SMILES string of the molecule is CC12CCCCC1CCC1C2CCC2(C)C(CCCC#N)CCC12. The molecule has 0 N–H and O–H groups in total. The van der Waals surface area contributed by atoms with Crippen LogP contribution < -0.4 is 0 Å². The van der Waals surface area contributed by atoms with Crippen molar-refractivity contribution in [2.75, 3.05) is 0 Å². The minimum atomic E-state index is 0.606. The lowest BCUT2D eigenvalue weighted by Gasteiger charge is -2.60. The zero-order chi connectivity index (χ0) is 16.8. The molecule has 4 aliphatic carbocycles. The Bertz CT molecular complexity index is 505. The van der Waals surface area contributed by atoms with Gasteiger partial charge in [0.25, 0.3) is 0 Å². The maximum absolute atomic E-state index is 8.88. The first kappa shape index (κ1) is 16.9. The lowest BCUT2D eigenvalue weighted by molar-refractivity contribution is -0.111. The van der Waals surface area contributed by atoms with Crippen molar-refractivity contribution in [3.8, 4) is 6.07 Å². The van der Waals surface area contributed by atoms with Crippen molar-refractivity contribution in [1.82, 2.24) is 0 Å². The minimum absolute atomic E-state index is 0.606. The van der Waals surface area contributed by atoms with E-state index >= 15 is 0 Å². The van der Waals surface area contributed by atoms with Gasteiger partial charge in [-0.15, -0.1) is 0 Å². The fraction of sp³-hybridized carbons (Fsp3) is 0.957. The van der Waals surface area contributed by atoms with Gasteiger partial charge >= 0.3 is 0 Å². The number of hydrogen-bond acceptors (Lipinski definition) is 1. The lowest BCUT2D eigenvalue weighted by Crippen LogP contribution is -2.52. The zero-order valence-corrected chi connectivity index (χ0v) is 16.0. The summed E-state index contributed by atoms with van der Waals surface area (Å²) in [5, 5.41) is 8.88. The van der Waals surface area contributed by atoms with Gasteiger partial charge in [0.15, 0.2) is 0 Å². The molecule has 0 saturated heterocycles. The second kappa shape index (κ2) is 6.34. The van der Waals surface area contributed by atoms with Gasteiger partial charge in [-0.25, -0.2) is 0 Å². The molecule has 0 aliphatic heterocycles. The molecular weight excluding hydrogens is 290 g/mol. The topological polar surface area (TPSA) is 23.8 Å². The van der Waals surface area contributed by atoms with E-state index in [9.17, 15) is 0 Å². The smallest absolute Gasteiger partial charge is 0.0621 e.